The number of hydrogen-bond donors (Lipinski definition) is 0. The molecule has 0 aliphatic carbocycles. The molecule has 4 aromatic rings. The highest BCUT2D eigenvalue weighted by molar-refractivity contribution is 7.18. The first-order valence-corrected chi connectivity index (χ1v) is 9.34. The Balaban J connectivity index is 1.64. The van der Waals surface area contributed by atoms with E-state index >= 15 is 0 Å². The maximum Gasteiger partial charge on any atom is 0.454 e. The Morgan fingerprint density at radius 3 is 2.30 bits per heavy atom. The van der Waals surface area contributed by atoms with Crippen molar-refractivity contribution in [2.75, 3.05) is 0 Å². The Morgan fingerprint density at radius 2 is 1.60 bits per heavy atom. The molecule has 4 rings (SSSR count). The highest BCUT2D eigenvalue weighted by Crippen LogP contribution is 2.38. The fourth-order valence-electron chi connectivity index (χ4n) is 2.89. The van der Waals surface area contributed by atoms with Gasteiger partial charge in [-0.1, -0.05) is 6.07 Å². The quantitative estimate of drug-likeness (QED) is 0.321. The fourth-order valence-corrected chi connectivity index (χ4v) is 3.88. The van der Waals surface area contributed by atoms with Crippen LogP contribution in [0.2, 0.25) is 0 Å². The van der Waals surface area contributed by atoms with E-state index in [0.29, 0.717) is 23.0 Å². The van der Waals surface area contributed by atoms with Crippen LogP contribution >= 0.6 is 11.3 Å². The molecule has 0 bridgehead atoms. The molecule has 2 nitrogen and oxygen atoms in total. The van der Waals surface area contributed by atoms with Gasteiger partial charge in [0.05, 0.1) is 4.70 Å². The molecule has 0 amide bonds. The molecule has 0 fully saturated rings. The second-order valence-electron chi connectivity index (χ2n) is 6.50. The number of nitrogens with zero attached hydrogens (tertiary/aromatic N) is 1. The molecule has 30 heavy (non-hydrogen) atoms. The lowest BCUT2D eigenvalue weighted by molar-refractivity contribution is -0.185. The van der Waals surface area contributed by atoms with Crippen molar-refractivity contribution in [2.45, 2.75) is 13.0 Å². The van der Waals surface area contributed by atoms with Gasteiger partial charge >= 0.3 is 6.11 Å². The molecule has 0 radical (unpaired) electrons. The Labute approximate surface area is 170 Å². The van der Waals surface area contributed by atoms with Crippen LogP contribution in [0.3, 0.4) is 0 Å². The summed E-state index contributed by atoms with van der Waals surface area (Å²) in [5, 5.41) is -0.785. The van der Waals surface area contributed by atoms with Crippen molar-refractivity contribution in [1.82, 2.24) is 4.98 Å². The molecule has 0 saturated carbocycles. The topological polar surface area (TPSA) is 22.1 Å². The van der Waals surface area contributed by atoms with E-state index in [1.807, 2.05) is 0 Å². The number of benzene rings is 3. The van der Waals surface area contributed by atoms with E-state index < -0.39 is 40.1 Å². The minimum atomic E-state index is -3.94. The van der Waals surface area contributed by atoms with Gasteiger partial charge in [-0.3, -0.25) is 0 Å². The summed E-state index contributed by atoms with van der Waals surface area (Å²) in [5.41, 5.74) is 0.252. The fraction of sp³-hybridized carbons (Fsp3) is 0.0952. The third-order valence-electron chi connectivity index (χ3n) is 4.26. The molecule has 154 valence electrons. The summed E-state index contributed by atoms with van der Waals surface area (Å²) in [5.74, 6) is -4.48. The molecule has 0 saturated heterocycles. The summed E-state index contributed by atoms with van der Waals surface area (Å²) >= 11 is 0.562. The summed E-state index contributed by atoms with van der Waals surface area (Å²) in [4.78, 5) is 3.62. The van der Waals surface area contributed by atoms with Crippen LogP contribution in [0.4, 0.5) is 26.3 Å². The molecule has 1 aromatic heterocycles. The lowest BCUT2D eigenvalue weighted by atomic mass is 10.0. The number of aromatic nitrogens is 1. The highest BCUT2D eigenvalue weighted by atomic mass is 32.1. The summed E-state index contributed by atoms with van der Waals surface area (Å²) in [6.45, 7) is 1.62. The average Bonchev–Trinajstić information content (AvgIpc) is 3.09. The largest absolute Gasteiger partial charge is 0.454 e. The van der Waals surface area contributed by atoms with Gasteiger partial charge in [-0.15, -0.1) is 11.3 Å². The van der Waals surface area contributed by atoms with Crippen molar-refractivity contribution < 1.29 is 31.1 Å². The van der Waals surface area contributed by atoms with E-state index in [-0.39, 0.29) is 21.3 Å². The van der Waals surface area contributed by atoms with Crippen LogP contribution in [0.5, 0.6) is 5.75 Å². The number of thiazole rings is 1. The molecule has 0 spiro atoms. The average molecular weight is 439 g/mol. The maximum atomic E-state index is 14.6. The van der Waals surface area contributed by atoms with Crippen molar-refractivity contribution in [3.05, 3.63) is 82.4 Å². The van der Waals surface area contributed by atoms with Gasteiger partial charge in [0, 0.05) is 11.6 Å². The van der Waals surface area contributed by atoms with Crippen LogP contribution in [-0.2, 0) is 6.11 Å². The van der Waals surface area contributed by atoms with E-state index in [1.165, 1.54) is 12.1 Å². The Kier molecular flexibility index (Phi) is 4.93. The molecule has 0 N–H and O–H groups in total. The van der Waals surface area contributed by atoms with Crippen molar-refractivity contribution >= 4 is 21.6 Å². The van der Waals surface area contributed by atoms with E-state index in [4.69, 9.17) is 0 Å². The van der Waals surface area contributed by atoms with Gasteiger partial charge in [-0.2, -0.15) is 8.78 Å². The SMILES string of the molecule is Cc1cc(F)c2nc(C(F)(F)Oc3ccc(-c4ccc(F)c(F)c4)c(F)c3)sc2c1. The smallest absolute Gasteiger partial charge is 0.427 e. The third kappa shape index (κ3) is 3.72. The molecule has 9 heteroatoms. The zero-order chi connectivity index (χ0) is 21.6. The molecule has 0 aliphatic rings. The van der Waals surface area contributed by atoms with Crippen molar-refractivity contribution in [3.8, 4) is 16.9 Å². The minimum absolute atomic E-state index is 0.0294. The van der Waals surface area contributed by atoms with Crippen LogP contribution in [0.25, 0.3) is 21.3 Å². The van der Waals surface area contributed by atoms with E-state index in [1.54, 1.807) is 6.92 Å². The number of halogens is 6. The first-order valence-electron chi connectivity index (χ1n) is 8.53. The standard InChI is InChI=1S/C21H11F6NOS/c1-10-6-17(25)19-18(7-10)30-20(28-19)21(26,27)29-12-3-4-13(15(23)9-12)11-2-5-14(22)16(24)8-11/h2-9H,1H3. The summed E-state index contributed by atoms with van der Waals surface area (Å²) in [6.07, 6.45) is -3.94. The molecule has 0 atom stereocenters. The van der Waals surface area contributed by atoms with Gasteiger partial charge in [-0.05, 0) is 54.4 Å². The van der Waals surface area contributed by atoms with Gasteiger partial charge in [0.15, 0.2) is 17.5 Å². The van der Waals surface area contributed by atoms with Crippen molar-refractivity contribution in [2.24, 2.45) is 0 Å². The number of hydrogen-bond acceptors (Lipinski definition) is 3. The van der Waals surface area contributed by atoms with Crippen molar-refractivity contribution in [3.63, 3.8) is 0 Å². The van der Waals surface area contributed by atoms with Crippen LogP contribution < -0.4 is 4.74 Å². The lowest BCUT2D eigenvalue weighted by Gasteiger charge is -2.16. The van der Waals surface area contributed by atoms with E-state index in [9.17, 15) is 26.3 Å². The number of ether oxygens (including phenoxy) is 1. The summed E-state index contributed by atoms with van der Waals surface area (Å²) < 4.78 is 88.7. The second-order valence-corrected chi connectivity index (χ2v) is 7.53. The molecule has 0 unspecified atom stereocenters. The van der Waals surface area contributed by atoms with Gasteiger partial charge in [0.25, 0.3) is 0 Å². The Morgan fingerprint density at radius 1 is 0.833 bits per heavy atom. The number of alkyl halides is 2. The first-order chi connectivity index (χ1) is 14.1. The molecule has 1 heterocycles. The van der Waals surface area contributed by atoms with E-state index in [2.05, 4.69) is 9.72 Å². The lowest BCUT2D eigenvalue weighted by Crippen LogP contribution is -2.21. The van der Waals surface area contributed by atoms with E-state index in [0.717, 1.165) is 30.3 Å². The zero-order valence-corrected chi connectivity index (χ0v) is 16.0. The summed E-state index contributed by atoms with van der Waals surface area (Å²) in [6, 6.07) is 8.34. The predicted molar refractivity (Wildman–Crippen MR) is 101 cm³/mol. The van der Waals surface area contributed by atoms with Gasteiger partial charge in [0.1, 0.15) is 17.1 Å². The highest BCUT2D eigenvalue weighted by Gasteiger charge is 2.39. The molecular formula is C21H11F6NOS. The van der Waals surface area contributed by atoms with Crippen LogP contribution in [0.15, 0.2) is 48.5 Å². The summed E-state index contributed by atoms with van der Waals surface area (Å²) in [7, 11) is 0. The maximum absolute atomic E-state index is 14.6. The van der Waals surface area contributed by atoms with Gasteiger partial charge in [0.2, 0.25) is 5.01 Å². The Hall–Kier alpha value is -3.07. The van der Waals surface area contributed by atoms with Gasteiger partial charge in [-0.25, -0.2) is 22.5 Å². The number of fused-ring (bicyclic) bond motifs is 1. The monoisotopic (exact) mass is 439 g/mol. The number of rotatable bonds is 4. The normalized spacial score (nSPS) is 11.8. The zero-order valence-electron chi connectivity index (χ0n) is 15.2. The van der Waals surface area contributed by atoms with Crippen LogP contribution in [0.1, 0.15) is 10.6 Å². The second kappa shape index (κ2) is 7.32. The molecular weight excluding hydrogens is 428 g/mol. The molecule has 0 aliphatic heterocycles. The minimum Gasteiger partial charge on any atom is -0.427 e. The number of aryl methyl sites for hydroxylation is 1. The van der Waals surface area contributed by atoms with Crippen LogP contribution in [-0.4, -0.2) is 4.98 Å². The molecule has 3 aromatic carbocycles. The van der Waals surface area contributed by atoms with Gasteiger partial charge < -0.3 is 4.74 Å². The predicted octanol–water partition coefficient (Wildman–Crippen LogP) is 6.96. The third-order valence-corrected chi connectivity index (χ3v) is 5.31. The first kappa shape index (κ1) is 20.2. The Bertz CT molecular complexity index is 1270. The van der Waals surface area contributed by atoms with Crippen LogP contribution in [0, 0.1) is 30.2 Å². The van der Waals surface area contributed by atoms with Crippen molar-refractivity contribution in [1.29, 1.82) is 0 Å².